The molecule has 0 spiro atoms. The predicted molar refractivity (Wildman–Crippen MR) is 137 cm³/mol. The van der Waals surface area contributed by atoms with E-state index in [1.807, 2.05) is 36.4 Å². The van der Waals surface area contributed by atoms with Crippen LogP contribution in [0.4, 0.5) is 0 Å². The largest absolute Gasteiger partial charge is 0.507 e. The van der Waals surface area contributed by atoms with Crippen LogP contribution >= 0.6 is 11.6 Å². The molecule has 1 aliphatic heterocycles. The van der Waals surface area contributed by atoms with Gasteiger partial charge >= 0.3 is 0 Å². The first-order valence-corrected chi connectivity index (χ1v) is 12.2. The number of unbranched alkanes of at least 4 members (excludes halogenated alkanes) is 1. The van der Waals surface area contributed by atoms with Crippen molar-refractivity contribution in [2.45, 2.75) is 32.2 Å². The normalized spacial score (nSPS) is 17.1. The van der Waals surface area contributed by atoms with Gasteiger partial charge in [-0.25, -0.2) is 0 Å². The number of ether oxygens (including phenoxy) is 1. The van der Waals surface area contributed by atoms with E-state index < -0.39 is 17.7 Å². The molecule has 1 fully saturated rings. The van der Waals surface area contributed by atoms with E-state index in [2.05, 4.69) is 6.92 Å². The number of aliphatic hydroxyl groups excluding tert-OH is 1. The molecule has 4 rings (SSSR count). The second kappa shape index (κ2) is 11.2. The summed E-state index contributed by atoms with van der Waals surface area (Å²) in [5, 5.41) is 11.8. The van der Waals surface area contributed by atoms with Crippen LogP contribution in [0.25, 0.3) is 5.76 Å². The number of aliphatic hydroxyl groups is 1. The number of nitrogens with zero attached hydrogens (tertiary/aromatic N) is 1. The van der Waals surface area contributed by atoms with Crippen LogP contribution in [0.1, 0.15) is 42.5 Å². The Balaban J connectivity index is 1.73. The van der Waals surface area contributed by atoms with Crippen molar-refractivity contribution in [1.29, 1.82) is 0 Å². The fourth-order valence-corrected chi connectivity index (χ4v) is 4.35. The lowest BCUT2D eigenvalue weighted by atomic mass is 9.95. The lowest BCUT2D eigenvalue weighted by molar-refractivity contribution is -0.139. The zero-order chi connectivity index (χ0) is 24.8. The Kier molecular flexibility index (Phi) is 7.88. The number of likely N-dealkylation sites (tertiary alicyclic amines) is 1. The number of amides is 1. The first-order chi connectivity index (χ1) is 17.0. The van der Waals surface area contributed by atoms with Crippen LogP contribution in [0.2, 0.25) is 5.02 Å². The Labute approximate surface area is 210 Å². The molecule has 180 valence electrons. The van der Waals surface area contributed by atoms with E-state index in [9.17, 15) is 14.7 Å². The highest BCUT2D eigenvalue weighted by molar-refractivity contribution is 6.46. The van der Waals surface area contributed by atoms with Gasteiger partial charge in [0.2, 0.25) is 0 Å². The lowest BCUT2D eigenvalue weighted by Crippen LogP contribution is -2.31. The lowest BCUT2D eigenvalue weighted by Gasteiger charge is -2.25. The molecule has 0 bridgehead atoms. The van der Waals surface area contributed by atoms with Gasteiger partial charge in [0.15, 0.2) is 0 Å². The minimum atomic E-state index is -0.722. The van der Waals surface area contributed by atoms with Crippen molar-refractivity contribution in [2.75, 3.05) is 13.2 Å². The molecule has 1 unspecified atom stereocenters. The van der Waals surface area contributed by atoms with Gasteiger partial charge in [-0.1, -0.05) is 79.5 Å². The molecule has 5 nitrogen and oxygen atoms in total. The van der Waals surface area contributed by atoms with Crippen molar-refractivity contribution in [3.8, 4) is 5.75 Å². The van der Waals surface area contributed by atoms with E-state index in [0.717, 1.165) is 18.4 Å². The highest BCUT2D eigenvalue weighted by atomic mass is 35.5. The van der Waals surface area contributed by atoms with Crippen molar-refractivity contribution in [3.05, 3.63) is 106 Å². The third-order valence-electron chi connectivity index (χ3n) is 6.08. The highest BCUT2D eigenvalue weighted by Gasteiger charge is 2.45. The SMILES string of the molecule is CCCCOc1cccc(/C(O)=C2\C(=O)C(=O)N(CCc3ccccc3)C2c2ccc(Cl)cc2)c1. The Bertz CT molecular complexity index is 1220. The number of hydrogen-bond donors (Lipinski definition) is 1. The summed E-state index contributed by atoms with van der Waals surface area (Å²) in [5.41, 5.74) is 2.26. The maximum atomic E-state index is 13.2. The van der Waals surface area contributed by atoms with Gasteiger partial charge < -0.3 is 14.7 Å². The Hall–Kier alpha value is -3.57. The quantitative estimate of drug-likeness (QED) is 0.168. The molecule has 0 saturated carbocycles. The van der Waals surface area contributed by atoms with Crippen LogP contribution in [0.15, 0.2) is 84.4 Å². The minimum Gasteiger partial charge on any atom is -0.507 e. The van der Waals surface area contributed by atoms with Crippen LogP contribution in [-0.2, 0) is 16.0 Å². The average molecular weight is 490 g/mol. The average Bonchev–Trinajstić information content (AvgIpc) is 3.13. The summed E-state index contributed by atoms with van der Waals surface area (Å²) >= 11 is 6.09. The van der Waals surface area contributed by atoms with Gasteiger partial charge in [-0.3, -0.25) is 9.59 Å². The second-order valence-corrected chi connectivity index (χ2v) is 8.95. The van der Waals surface area contributed by atoms with Gasteiger partial charge in [-0.05, 0) is 48.2 Å². The predicted octanol–water partition coefficient (Wildman–Crippen LogP) is 6.18. The molecule has 35 heavy (non-hydrogen) atoms. The maximum Gasteiger partial charge on any atom is 0.295 e. The van der Waals surface area contributed by atoms with Gasteiger partial charge in [0.25, 0.3) is 11.7 Å². The van der Waals surface area contributed by atoms with Gasteiger partial charge in [-0.2, -0.15) is 0 Å². The highest BCUT2D eigenvalue weighted by Crippen LogP contribution is 2.40. The first kappa shape index (κ1) is 24.6. The number of benzene rings is 3. The molecule has 1 amide bonds. The fourth-order valence-electron chi connectivity index (χ4n) is 4.22. The zero-order valence-corrected chi connectivity index (χ0v) is 20.4. The first-order valence-electron chi connectivity index (χ1n) is 11.8. The second-order valence-electron chi connectivity index (χ2n) is 8.51. The number of halogens is 1. The third-order valence-corrected chi connectivity index (χ3v) is 6.34. The smallest absolute Gasteiger partial charge is 0.295 e. The van der Waals surface area contributed by atoms with E-state index in [4.69, 9.17) is 16.3 Å². The summed E-state index contributed by atoms with van der Waals surface area (Å²) in [5.74, 6) is -0.944. The summed E-state index contributed by atoms with van der Waals surface area (Å²) < 4.78 is 5.77. The van der Waals surface area contributed by atoms with Crippen LogP contribution in [0.3, 0.4) is 0 Å². The molecular formula is C29H28ClNO4. The molecule has 0 aromatic heterocycles. The van der Waals surface area contributed by atoms with Crippen molar-refractivity contribution >= 4 is 29.1 Å². The van der Waals surface area contributed by atoms with E-state index in [-0.39, 0.29) is 11.3 Å². The van der Waals surface area contributed by atoms with Crippen LogP contribution in [0.5, 0.6) is 5.75 Å². The van der Waals surface area contributed by atoms with Crippen LogP contribution < -0.4 is 4.74 Å². The van der Waals surface area contributed by atoms with Crippen LogP contribution in [0, 0.1) is 0 Å². The molecule has 1 N–H and O–H groups in total. The molecule has 0 radical (unpaired) electrons. The maximum absolute atomic E-state index is 13.2. The zero-order valence-electron chi connectivity index (χ0n) is 19.6. The van der Waals surface area contributed by atoms with Crippen molar-refractivity contribution in [1.82, 2.24) is 4.90 Å². The minimum absolute atomic E-state index is 0.0658. The third kappa shape index (κ3) is 5.57. The molecule has 3 aromatic rings. The summed E-state index contributed by atoms with van der Waals surface area (Å²) in [6.07, 6.45) is 2.51. The van der Waals surface area contributed by atoms with Crippen LogP contribution in [-0.4, -0.2) is 34.8 Å². The Morgan fingerprint density at radius 3 is 2.46 bits per heavy atom. The van der Waals surface area contributed by atoms with Gasteiger partial charge in [-0.15, -0.1) is 0 Å². The molecule has 1 saturated heterocycles. The Morgan fingerprint density at radius 1 is 1.00 bits per heavy atom. The van der Waals surface area contributed by atoms with E-state index in [1.54, 1.807) is 42.5 Å². The molecule has 0 aliphatic carbocycles. The topological polar surface area (TPSA) is 66.8 Å². The van der Waals surface area contributed by atoms with Crippen molar-refractivity contribution in [2.24, 2.45) is 0 Å². The van der Waals surface area contributed by atoms with Gasteiger partial charge in [0, 0.05) is 17.1 Å². The molecule has 1 aliphatic rings. The summed E-state index contributed by atoms with van der Waals surface area (Å²) in [4.78, 5) is 27.9. The molecule has 1 atom stereocenters. The number of carbonyl (C=O) groups is 2. The molecular weight excluding hydrogens is 462 g/mol. The van der Waals surface area contributed by atoms with E-state index >= 15 is 0 Å². The van der Waals surface area contributed by atoms with Gasteiger partial charge in [0.05, 0.1) is 18.2 Å². The standard InChI is InChI=1S/C29H28ClNO4/c1-2-3-18-35-24-11-7-10-22(19-24)27(32)25-26(21-12-14-23(30)15-13-21)31(29(34)28(25)33)17-16-20-8-5-4-6-9-20/h4-15,19,26,32H,2-3,16-18H2,1H3/b27-25+. The summed E-state index contributed by atoms with van der Waals surface area (Å²) in [7, 11) is 0. The monoisotopic (exact) mass is 489 g/mol. The number of carbonyl (C=O) groups excluding carboxylic acids is 2. The van der Waals surface area contributed by atoms with Crippen molar-refractivity contribution in [3.63, 3.8) is 0 Å². The number of Topliss-reactive ketones (excluding diaryl/α,β-unsaturated/α-hetero) is 1. The fraction of sp³-hybridized carbons (Fsp3) is 0.241. The number of hydrogen-bond acceptors (Lipinski definition) is 4. The summed E-state index contributed by atoms with van der Waals surface area (Å²) in [6, 6.07) is 23.0. The number of ketones is 1. The Morgan fingerprint density at radius 2 is 1.74 bits per heavy atom. The summed E-state index contributed by atoms with van der Waals surface area (Å²) in [6.45, 7) is 2.98. The van der Waals surface area contributed by atoms with E-state index in [0.29, 0.717) is 41.5 Å². The van der Waals surface area contributed by atoms with Crippen molar-refractivity contribution < 1.29 is 19.4 Å². The molecule has 1 heterocycles. The molecule has 3 aromatic carbocycles. The van der Waals surface area contributed by atoms with Gasteiger partial charge in [0.1, 0.15) is 11.5 Å². The van der Waals surface area contributed by atoms with E-state index in [1.165, 1.54) is 4.90 Å². The molecule has 6 heteroatoms. The number of rotatable bonds is 9.